The van der Waals surface area contributed by atoms with Crippen LogP contribution in [0.1, 0.15) is 26.2 Å². The summed E-state index contributed by atoms with van der Waals surface area (Å²) < 4.78 is 5.49. The highest BCUT2D eigenvalue weighted by Gasteiger charge is 2.00. The molecule has 1 heterocycles. The van der Waals surface area contributed by atoms with Gasteiger partial charge in [0.05, 0.1) is 17.6 Å². The van der Waals surface area contributed by atoms with E-state index >= 15 is 0 Å². The number of fused-ring (bicyclic) bond motifs is 1. The van der Waals surface area contributed by atoms with E-state index in [0.717, 1.165) is 17.5 Å². The van der Waals surface area contributed by atoms with Gasteiger partial charge < -0.3 is 4.74 Å². The first-order valence-corrected chi connectivity index (χ1v) is 5.67. The van der Waals surface area contributed by atoms with Crippen molar-refractivity contribution in [2.45, 2.75) is 26.2 Å². The zero-order chi connectivity index (χ0) is 11.2. The molecule has 0 atom stereocenters. The molecule has 83 valence electrons. The fourth-order valence-corrected chi connectivity index (χ4v) is 1.48. The summed E-state index contributed by atoms with van der Waals surface area (Å²) >= 11 is 0. The highest BCUT2D eigenvalue weighted by Crippen LogP contribution is 2.12. The molecular weight excluding hydrogens is 200 g/mol. The lowest BCUT2D eigenvalue weighted by molar-refractivity contribution is 0.294. The van der Waals surface area contributed by atoms with Gasteiger partial charge in [-0.1, -0.05) is 31.9 Å². The Bertz CT molecular complexity index is 456. The number of para-hydroxylation sites is 2. The monoisotopic (exact) mass is 215 g/mol. The lowest BCUT2D eigenvalue weighted by atomic mass is 10.3. The molecule has 0 N–H and O–H groups in total. The van der Waals surface area contributed by atoms with Crippen molar-refractivity contribution in [2.24, 2.45) is 0 Å². The average Bonchev–Trinajstić information content (AvgIpc) is 2.34. The highest BCUT2D eigenvalue weighted by atomic mass is 16.5. The Balaban J connectivity index is 2.02. The number of benzene rings is 1. The van der Waals surface area contributed by atoms with E-state index < -0.39 is 0 Å². The van der Waals surface area contributed by atoms with E-state index in [0.29, 0.717) is 12.5 Å². The van der Waals surface area contributed by atoms with Crippen molar-refractivity contribution >= 4 is 11.0 Å². The SMILES string of the molecule is CCCCCOc1[c]nc2ccccc2n1. The quantitative estimate of drug-likeness (QED) is 0.719. The predicted molar refractivity (Wildman–Crippen MR) is 63.4 cm³/mol. The Morgan fingerprint density at radius 3 is 2.81 bits per heavy atom. The number of hydrogen-bond donors (Lipinski definition) is 0. The number of aromatic nitrogens is 2. The lowest BCUT2D eigenvalue weighted by Crippen LogP contribution is -2.00. The molecule has 0 bridgehead atoms. The van der Waals surface area contributed by atoms with Gasteiger partial charge in [-0.05, 0) is 18.6 Å². The Labute approximate surface area is 95.5 Å². The Morgan fingerprint density at radius 1 is 1.19 bits per heavy atom. The van der Waals surface area contributed by atoms with Gasteiger partial charge in [-0.2, -0.15) is 0 Å². The van der Waals surface area contributed by atoms with E-state index in [1.165, 1.54) is 12.8 Å². The summed E-state index contributed by atoms with van der Waals surface area (Å²) in [6.45, 7) is 2.86. The zero-order valence-corrected chi connectivity index (χ0v) is 9.44. The van der Waals surface area contributed by atoms with E-state index in [-0.39, 0.29) is 0 Å². The van der Waals surface area contributed by atoms with Gasteiger partial charge in [0.2, 0.25) is 5.88 Å². The van der Waals surface area contributed by atoms with Crippen LogP contribution in [-0.4, -0.2) is 16.6 Å². The van der Waals surface area contributed by atoms with Gasteiger partial charge in [0.25, 0.3) is 0 Å². The average molecular weight is 215 g/mol. The molecule has 1 radical (unpaired) electrons. The Morgan fingerprint density at radius 2 is 2.00 bits per heavy atom. The number of ether oxygens (including phenoxy) is 1. The molecule has 3 heteroatoms. The zero-order valence-electron chi connectivity index (χ0n) is 9.44. The normalized spacial score (nSPS) is 10.6. The maximum Gasteiger partial charge on any atom is 0.243 e. The third kappa shape index (κ3) is 2.69. The van der Waals surface area contributed by atoms with E-state index in [1.807, 2.05) is 24.3 Å². The van der Waals surface area contributed by atoms with E-state index in [4.69, 9.17) is 4.74 Å². The number of hydrogen-bond acceptors (Lipinski definition) is 3. The van der Waals surface area contributed by atoms with Crippen LogP contribution in [0.15, 0.2) is 24.3 Å². The second kappa shape index (κ2) is 5.45. The van der Waals surface area contributed by atoms with Crippen molar-refractivity contribution in [3.05, 3.63) is 30.5 Å². The van der Waals surface area contributed by atoms with Gasteiger partial charge in [0, 0.05) is 0 Å². The minimum absolute atomic E-state index is 0.495. The summed E-state index contributed by atoms with van der Waals surface area (Å²) in [6, 6.07) is 7.72. The van der Waals surface area contributed by atoms with Crippen LogP contribution in [0.4, 0.5) is 0 Å². The van der Waals surface area contributed by atoms with Gasteiger partial charge in [0.15, 0.2) is 6.20 Å². The van der Waals surface area contributed by atoms with Crippen LogP contribution in [0, 0.1) is 6.20 Å². The largest absolute Gasteiger partial charge is 0.476 e. The van der Waals surface area contributed by atoms with Gasteiger partial charge in [-0.3, -0.25) is 0 Å². The standard InChI is InChI=1S/C13H15N2O/c1-2-3-6-9-16-13-10-14-11-7-4-5-8-12(11)15-13/h4-5,7-8H,2-3,6,9H2,1H3. The maximum atomic E-state index is 5.49. The summed E-state index contributed by atoms with van der Waals surface area (Å²) in [5, 5.41) is 0. The molecule has 2 rings (SSSR count). The van der Waals surface area contributed by atoms with Crippen molar-refractivity contribution in [3.8, 4) is 5.88 Å². The Kier molecular flexibility index (Phi) is 3.70. The third-order valence-electron chi connectivity index (χ3n) is 2.36. The van der Waals surface area contributed by atoms with Gasteiger partial charge in [-0.15, -0.1) is 0 Å². The first kappa shape index (κ1) is 10.9. The van der Waals surface area contributed by atoms with Crippen molar-refractivity contribution in [1.82, 2.24) is 9.97 Å². The molecule has 0 spiro atoms. The molecule has 16 heavy (non-hydrogen) atoms. The molecule has 0 aliphatic carbocycles. The van der Waals surface area contributed by atoms with Crippen LogP contribution in [0.2, 0.25) is 0 Å². The molecule has 0 unspecified atom stereocenters. The van der Waals surface area contributed by atoms with Crippen LogP contribution in [0.25, 0.3) is 11.0 Å². The van der Waals surface area contributed by atoms with Crippen LogP contribution >= 0.6 is 0 Å². The molecule has 0 saturated heterocycles. The molecule has 0 fully saturated rings. The van der Waals surface area contributed by atoms with Crippen LogP contribution < -0.4 is 4.74 Å². The Hall–Kier alpha value is -1.64. The number of rotatable bonds is 5. The molecule has 1 aromatic carbocycles. The third-order valence-corrected chi connectivity index (χ3v) is 2.36. The van der Waals surface area contributed by atoms with Crippen LogP contribution in [0.5, 0.6) is 5.88 Å². The highest BCUT2D eigenvalue weighted by molar-refractivity contribution is 5.73. The van der Waals surface area contributed by atoms with Crippen molar-refractivity contribution < 1.29 is 4.74 Å². The van der Waals surface area contributed by atoms with Crippen LogP contribution in [0.3, 0.4) is 0 Å². The smallest absolute Gasteiger partial charge is 0.243 e. The van der Waals surface area contributed by atoms with E-state index in [1.54, 1.807) is 0 Å². The summed E-state index contributed by atoms with van der Waals surface area (Å²) in [7, 11) is 0. The molecule has 2 aromatic rings. The van der Waals surface area contributed by atoms with E-state index in [2.05, 4.69) is 23.1 Å². The second-order valence-electron chi connectivity index (χ2n) is 3.68. The molecule has 1 aromatic heterocycles. The first-order chi connectivity index (χ1) is 7.90. The van der Waals surface area contributed by atoms with Crippen molar-refractivity contribution in [1.29, 1.82) is 0 Å². The summed E-state index contributed by atoms with van der Waals surface area (Å²) in [6.07, 6.45) is 6.23. The summed E-state index contributed by atoms with van der Waals surface area (Å²) in [5.41, 5.74) is 1.70. The molecule has 0 saturated carbocycles. The lowest BCUT2D eigenvalue weighted by Gasteiger charge is -2.04. The second-order valence-corrected chi connectivity index (χ2v) is 3.68. The minimum atomic E-state index is 0.495. The van der Waals surface area contributed by atoms with Gasteiger partial charge >= 0.3 is 0 Å². The molecule has 0 amide bonds. The summed E-state index contributed by atoms with van der Waals surface area (Å²) in [4.78, 5) is 8.50. The molecule has 0 aliphatic heterocycles. The number of nitrogens with zero attached hydrogens (tertiary/aromatic N) is 2. The van der Waals surface area contributed by atoms with Gasteiger partial charge in [0.1, 0.15) is 0 Å². The van der Waals surface area contributed by atoms with Crippen molar-refractivity contribution in [2.75, 3.05) is 6.61 Å². The topological polar surface area (TPSA) is 35.0 Å². The molecule has 0 aliphatic rings. The number of unbranched alkanes of at least 4 members (excludes halogenated alkanes) is 2. The van der Waals surface area contributed by atoms with Crippen LogP contribution in [-0.2, 0) is 0 Å². The maximum absolute atomic E-state index is 5.49. The van der Waals surface area contributed by atoms with E-state index in [9.17, 15) is 0 Å². The first-order valence-electron chi connectivity index (χ1n) is 5.67. The minimum Gasteiger partial charge on any atom is -0.476 e. The van der Waals surface area contributed by atoms with Gasteiger partial charge in [-0.25, -0.2) is 9.97 Å². The molecular formula is C13H15N2O. The fraction of sp³-hybridized carbons (Fsp3) is 0.385. The molecule has 3 nitrogen and oxygen atoms in total. The summed E-state index contributed by atoms with van der Waals surface area (Å²) in [5.74, 6) is 0.495. The fourth-order valence-electron chi connectivity index (χ4n) is 1.48. The predicted octanol–water partition coefficient (Wildman–Crippen LogP) is 3.00. The van der Waals surface area contributed by atoms with Crippen molar-refractivity contribution in [3.63, 3.8) is 0 Å².